The van der Waals surface area contributed by atoms with Crippen molar-refractivity contribution in [2.24, 2.45) is 11.8 Å². The topological polar surface area (TPSA) is 235 Å². The van der Waals surface area contributed by atoms with Gasteiger partial charge in [-0.25, -0.2) is 20.5 Å². The lowest BCUT2D eigenvalue weighted by Gasteiger charge is -2.17. The lowest BCUT2D eigenvalue weighted by Crippen LogP contribution is -2.26. The number of carboxylic acid groups (broad SMARTS) is 2. The molecule has 2 atom stereocenters. The largest absolute Gasteiger partial charge is 0.481 e. The van der Waals surface area contributed by atoms with Crippen LogP contribution in [0.4, 0.5) is 0 Å². The quantitative estimate of drug-likeness (QED) is 0.0263. The number of carbonyl (C=O) groups is 6. The van der Waals surface area contributed by atoms with Crippen LogP contribution >= 0.6 is 0 Å². The number of aliphatic hydroxyl groups is 1. The number of aliphatic carboxylic acids is 1. The first-order valence-electron chi connectivity index (χ1n) is 19.9. The first-order valence-corrected chi connectivity index (χ1v) is 19.9. The summed E-state index contributed by atoms with van der Waals surface area (Å²) in [6.07, 6.45) is 0.668. The van der Waals surface area contributed by atoms with E-state index in [0.717, 1.165) is 29.4 Å². The van der Waals surface area contributed by atoms with E-state index in [1.54, 1.807) is 24.3 Å². The number of nitrogens with one attached hydrogen (secondary N) is 2. The first kappa shape index (κ1) is 50.2. The van der Waals surface area contributed by atoms with Crippen LogP contribution in [0, 0.1) is 11.8 Å². The van der Waals surface area contributed by atoms with Crippen molar-refractivity contribution in [3.8, 4) is 0 Å². The van der Waals surface area contributed by atoms with E-state index < -0.39 is 41.6 Å². The molecule has 15 heteroatoms. The fraction of sp³-hybridized carbons (Fsp3) is 0.250. The van der Waals surface area contributed by atoms with Crippen LogP contribution in [0.2, 0.25) is 0 Å². The van der Waals surface area contributed by atoms with E-state index in [4.69, 9.17) is 34.8 Å². The molecular formula is C48H52N2O13. The zero-order chi connectivity index (χ0) is 45.8. The molecule has 5 aromatic carbocycles. The number of ether oxygens (including phenoxy) is 2. The van der Waals surface area contributed by atoms with Crippen LogP contribution in [0.5, 0.6) is 0 Å². The minimum absolute atomic E-state index is 0.0546. The van der Waals surface area contributed by atoms with Crippen molar-refractivity contribution in [2.45, 2.75) is 58.3 Å². The number of carbonyl (C=O) groups excluding carboxylic acids is 4. The van der Waals surface area contributed by atoms with Gasteiger partial charge in [-0.3, -0.25) is 29.2 Å². The Morgan fingerprint density at radius 1 is 0.524 bits per heavy atom. The van der Waals surface area contributed by atoms with Gasteiger partial charge in [0, 0.05) is 20.0 Å². The molecule has 0 radical (unpaired) electrons. The maximum Gasteiger partial charge on any atom is 0.338 e. The van der Waals surface area contributed by atoms with Crippen LogP contribution < -0.4 is 11.0 Å². The molecule has 0 aliphatic heterocycles. The zero-order valence-corrected chi connectivity index (χ0v) is 34.8. The molecule has 0 spiro atoms. The minimum atomic E-state index is -1.08. The highest BCUT2D eigenvalue weighted by Gasteiger charge is 2.23. The Bertz CT molecular complexity index is 2180. The average molecular weight is 865 g/mol. The summed E-state index contributed by atoms with van der Waals surface area (Å²) in [5, 5.41) is 33.3. The third-order valence-corrected chi connectivity index (χ3v) is 9.25. The monoisotopic (exact) mass is 864 g/mol. The summed E-state index contributed by atoms with van der Waals surface area (Å²) in [5.41, 5.74) is 8.39. The van der Waals surface area contributed by atoms with Crippen LogP contribution in [-0.4, -0.2) is 63.3 Å². The molecule has 5 aromatic rings. The molecule has 0 aromatic heterocycles. The Hall–Kier alpha value is -7.20. The van der Waals surface area contributed by atoms with Gasteiger partial charge >= 0.3 is 23.9 Å². The van der Waals surface area contributed by atoms with E-state index in [2.05, 4.69) is 5.48 Å². The molecule has 6 N–H and O–H groups in total. The zero-order valence-electron chi connectivity index (χ0n) is 34.8. The molecule has 2 unspecified atom stereocenters. The lowest BCUT2D eigenvalue weighted by atomic mass is 9.93. The maximum atomic E-state index is 13.1. The van der Waals surface area contributed by atoms with E-state index in [1.165, 1.54) is 23.7 Å². The van der Waals surface area contributed by atoms with E-state index in [9.17, 15) is 28.8 Å². The van der Waals surface area contributed by atoms with Crippen molar-refractivity contribution < 1.29 is 63.6 Å². The summed E-state index contributed by atoms with van der Waals surface area (Å²) < 4.78 is 11.1. The van der Waals surface area contributed by atoms with Crippen LogP contribution in [0.1, 0.15) is 74.2 Å². The van der Waals surface area contributed by atoms with Crippen LogP contribution in [0.25, 0.3) is 0 Å². The molecule has 2 amide bonds. The fourth-order valence-corrected chi connectivity index (χ4v) is 5.99. The standard InChI is InChI=1S/C34H33NO6.C13H15NO6.CH4O/c36-32(35-41-25-28-15-8-3-9-16-28)20-19-31(34(38)40-24-27-13-6-2-7-14-27)22-29-17-10-18-30(21-29)33(37)39-23-26-11-4-1-5-12-26;15-11(14-20)5-4-10(13(18)19)7-8-2-1-3-9(6-8)12(16)17;1-2/h1-18,21,31H,19-20,22-25H2,(H,35,36);1-3,6,10,20H,4-5,7H2,(H,14,15)(H,16,17)(H,18,19);2H,1H3. The molecule has 0 heterocycles. The van der Waals surface area contributed by atoms with E-state index >= 15 is 0 Å². The second kappa shape index (κ2) is 28.3. The third kappa shape index (κ3) is 19.4. The smallest absolute Gasteiger partial charge is 0.338 e. The first-order chi connectivity index (χ1) is 30.5. The number of hydroxylamine groups is 2. The molecule has 0 aliphatic rings. The van der Waals surface area contributed by atoms with Gasteiger partial charge in [-0.15, -0.1) is 0 Å². The molecule has 0 aliphatic carbocycles. The van der Waals surface area contributed by atoms with Crippen LogP contribution in [-0.2, 0) is 66.2 Å². The van der Waals surface area contributed by atoms with Gasteiger partial charge in [0.15, 0.2) is 0 Å². The summed E-state index contributed by atoms with van der Waals surface area (Å²) in [6.45, 7) is 0.538. The van der Waals surface area contributed by atoms with Crippen molar-refractivity contribution in [3.63, 3.8) is 0 Å². The van der Waals surface area contributed by atoms with Crippen molar-refractivity contribution in [3.05, 3.63) is 178 Å². The highest BCUT2D eigenvalue weighted by Crippen LogP contribution is 2.20. The Balaban J connectivity index is 0.000000403. The van der Waals surface area contributed by atoms with Crippen molar-refractivity contribution in [1.29, 1.82) is 0 Å². The van der Waals surface area contributed by atoms with Gasteiger partial charge < -0.3 is 24.8 Å². The van der Waals surface area contributed by atoms with E-state index in [0.29, 0.717) is 17.5 Å². The molecular weight excluding hydrogens is 813 g/mol. The fourth-order valence-electron chi connectivity index (χ4n) is 5.99. The normalized spacial score (nSPS) is 11.2. The van der Waals surface area contributed by atoms with E-state index in [-0.39, 0.29) is 63.4 Å². The van der Waals surface area contributed by atoms with Crippen molar-refractivity contribution in [2.75, 3.05) is 7.11 Å². The second-order valence-corrected chi connectivity index (χ2v) is 13.9. The van der Waals surface area contributed by atoms with Gasteiger partial charge in [-0.2, -0.15) is 0 Å². The number of aromatic carboxylic acids is 1. The molecule has 5 rings (SSSR count). The van der Waals surface area contributed by atoms with Gasteiger partial charge in [0.1, 0.15) is 13.2 Å². The predicted octanol–water partition coefficient (Wildman–Crippen LogP) is 6.50. The average Bonchev–Trinajstić information content (AvgIpc) is 3.32. The van der Waals surface area contributed by atoms with Gasteiger partial charge in [0.05, 0.1) is 29.6 Å². The molecule has 0 saturated carbocycles. The second-order valence-electron chi connectivity index (χ2n) is 13.9. The number of amides is 2. The molecule has 332 valence electrons. The highest BCUT2D eigenvalue weighted by atomic mass is 16.6. The Labute approximate surface area is 365 Å². The van der Waals surface area contributed by atoms with Crippen molar-refractivity contribution >= 4 is 35.7 Å². The SMILES string of the molecule is CO.O=C(CCC(Cc1cccc(C(=O)O)c1)C(=O)O)NO.O=C(CCC(Cc1cccc(C(=O)OCc2ccccc2)c1)C(=O)OCc1ccccc1)NOCc1ccccc1. The van der Waals surface area contributed by atoms with Crippen LogP contribution in [0.15, 0.2) is 140 Å². The Morgan fingerprint density at radius 3 is 1.49 bits per heavy atom. The van der Waals surface area contributed by atoms with Gasteiger partial charge in [0.2, 0.25) is 11.8 Å². The number of aliphatic hydroxyl groups excluding tert-OH is 1. The summed E-state index contributed by atoms with van der Waals surface area (Å²) >= 11 is 0. The van der Waals surface area contributed by atoms with E-state index in [1.807, 2.05) is 97.1 Å². The number of rotatable bonds is 21. The number of carboxylic acids is 2. The molecule has 0 saturated heterocycles. The maximum absolute atomic E-state index is 13.1. The van der Waals surface area contributed by atoms with Gasteiger partial charge in [-0.1, -0.05) is 115 Å². The summed E-state index contributed by atoms with van der Waals surface area (Å²) in [5.74, 6) is -5.44. The Morgan fingerprint density at radius 2 is 0.968 bits per heavy atom. The van der Waals surface area contributed by atoms with Gasteiger partial charge in [-0.05, 0) is 77.8 Å². The van der Waals surface area contributed by atoms with Crippen molar-refractivity contribution in [1.82, 2.24) is 11.0 Å². The Kier molecular flexibility index (Phi) is 22.6. The predicted molar refractivity (Wildman–Crippen MR) is 230 cm³/mol. The molecule has 63 heavy (non-hydrogen) atoms. The minimum Gasteiger partial charge on any atom is -0.481 e. The molecule has 15 nitrogen and oxygen atoms in total. The number of esters is 2. The number of hydrogen-bond acceptors (Lipinski definition) is 11. The molecule has 0 fully saturated rings. The summed E-state index contributed by atoms with van der Waals surface area (Å²) in [7, 11) is 1.00. The molecule has 0 bridgehead atoms. The number of hydrogen-bond donors (Lipinski definition) is 6. The summed E-state index contributed by atoms with van der Waals surface area (Å²) in [6, 6.07) is 41.3. The third-order valence-electron chi connectivity index (χ3n) is 9.25. The lowest BCUT2D eigenvalue weighted by molar-refractivity contribution is -0.150. The van der Waals surface area contributed by atoms with Gasteiger partial charge in [0.25, 0.3) is 0 Å². The number of benzene rings is 5. The van der Waals surface area contributed by atoms with Crippen LogP contribution in [0.3, 0.4) is 0 Å². The summed E-state index contributed by atoms with van der Waals surface area (Å²) in [4.78, 5) is 76.5. The highest BCUT2D eigenvalue weighted by molar-refractivity contribution is 5.89.